The van der Waals surface area contributed by atoms with E-state index in [1.807, 2.05) is 18.5 Å². The van der Waals surface area contributed by atoms with Gasteiger partial charge in [-0.2, -0.15) is 5.10 Å². The molecule has 3 aromatic rings. The lowest BCUT2D eigenvalue weighted by Crippen LogP contribution is -2.35. The minimum atomic E-state index is 0.0724. The molecule has 1 atom stereocenters. The van der Waals surface area contributed by atoms with Gasteiger partial charge in [0.2, 0.25) is 0 Å². The van der Waals surface area contributed by atoms with Crippen LogP contribution in [0.25, 0.3) is 10.8 Å². The Bertz CT molecular complexity index is 953. The Kier molecular flexibility index (Phi) is 4.91. The molecule has 0 aliphatic carbocycles. The van der Waals surface area contributed by atoms with Crippen molar-refractivity contribution >= 4 is 27.6 Å². The van der Waals surface area contributed by atoms with Crippen molar-refractivity contribution in [3.8, 4) is 0 Å². The fourth-order valence-electron chi connectivity index (χ4n) is 3.25. The molecule has 1 aliphatic heterocycles. The van der Waals surface area contributed by atoms with E-state index < -0.39 is 0 Å². The van der Waals surface area contributed by atoms with E-state index in [-0.39, 0.29) is 6.04 Å². The van der Waals surface area contributed by atoms with Crippen LogP contribution < -0.4 is 5.73 Å². The molecule has 4 nitrogen and oxygen atoms in total. The van der Waals surface area contributed by atoms with Crippen LogP contribution >= 0.6 is 11.8 Å². The predicted molar refractivity (Wildman–Crippen MR) is 110 cm³/mol. The summed E-state index contributed by atoms with van der Waals surface area (Å²) in [5, 5.41) is 10.3. The van der Waals surface area contributed by atoms with Gasteiger partial charge in [-0.1, -0.05) is 53.7 Å². The highest BCUT2D eigenvalue weighted by atomic mass is 32.2. The molecule has 2 N–H and O–H groups in total. The lowest BCUT2D eigenvalue weighted by molar-refractivity contribution is 0.320. The first-order chi connectivity index (χ1) is 12.7. The molecule has 0 unspecified atom stereocenters. The topological polar surface area (TPSA) is 54.5 Å². The lowest BCUT2D eigenvalue weighted by atomic mass is 10.0. The number of rotatable bonds is 5. The van der Waals surface area contributed by atoms with E-state index in [1.54, 1.807) is 11.8 Å². The third-order valence-electron chi connectivity index (χ3n) is 4.50. The summed E-state index contributed by atoms with van der Waals surface area (Å²) >= 11 is 1.77. The number of benzene rings is 2. The SMILES string of the molecule is Cc1cccc(C[C@H](N)CN2CSC(c3ccc4cnccc4c3)=N2)c1. The summed E-state index contributed by atoms with van der Waals surface area (Å²) in [4.78, 5) is 4.17. The molecular formula is C21H22N4S. The number of hydrazone groups is 1. The third kappa shape index (κ3) is 3.89. The minimum absolute atomic E-state index is 0.0724. The highest BCUT2D eigenvalue weighted by Gasteiger charge is 2.19. The van der Waals surface area contributed by atoms with Gasteiger partial charge in [0.15, 0.2) is 0 Å². The first-order valence-corrected chi connectivity index (χ1v) is 9.77. The molecule has 2 heterocycles. The first-order valence-electron chi connectivity index (χ1n) is 8.79. The molecule has 1 aliphatic rings. The van der Waals surface area contributed by atoms with Gasteiger partial charge >= 0.3 is 0 Å². The first kappa shape index (κ1) is 17.1. The number of aryl methyl sites for hydroxylation is 1. The molecule has 5 heteroatoms. The number of aromatic nitrogens is 1. The Balaban J connectivity index is 1.43. The zero-order valence-electron chi connectivity index (χ0n) is 14.8. The van der Waals surface area contributed by atoms with Gasteiger partial charge < -0.3 is 5.73 Å². The Labute approximate surface area is 158 Å². The van der Waals surface area contributed by atoms with Gasteiger partial charge in [-0.15, -0.1) is 0 Å². The summed E-state index contributed by atoms with van der Waals surface area (Å²) in [5.74, 6) is 0.852. The average Bonchev–Trinajstić information content (AvgIpc) is 3.09. The molecule has 0 amide bonds. The van der Waals surface area contributed by atoms with Crippen molar-refractivity contribution in [2.45, 2.75) is 19.4 Å². The van der Waals surface area contributed by atoms with E-state index in [1.165, 1.54) is 16.5 Å². The maximum Gasteiger partial charge on any atom is 0.125 e. The molecular weight excluding hydrogens is 340 g/mol. The molecule has 2 aromatic carbocycles. The summed E-state index contributed by atoms with van der Waals surface area (Å²) in [6, 6.07) is 17.1. The predicted octanol–water partition coefficient (Wildman–Crippen LogP) is 3.78. The minimum Gasteiger partial charge on any atom is -0.326 e. The van der Waals surface area contributed by atoms with Crippen molar-refractivity contribution in [3.63, 3.8) is 0 Å². The normalized spacial score (nSPS) is 15.3. The molecule has 0 spiro atoms. The van der Waals surface area contributed by atoms with Crippen LogP contribution in [0, 0.1) is 6.92 Å². The molecule has 4 rings (SSSR count). The number of fused-ring (bicyclic) bond motifs is 1. The number of pyridine rings is 1. The van der Waals surface area contributed by atoms with Gasteiger partial charge in [0, 0.05) is 29.4 Å². The number of nitrogens with zero attached hydrogens (tertiary/aromatic N) is 3. The van der Waals surface area contributed by atoms with Gasteiger partial charge in [-0.05, 0) is 36.4 Å². The largest absolute Gasteiger partial charge is 0.326 e. The second-order valence-corrected chi connectivity index (χ2v) is 7.69. The monoisotopic (exact) mass is 362 g/mol. The van der Waals surface area contributed by atoms with Crippen LogP contribution in [-0.2, 0) is 6.42 Å². The number of thioether (sulfide) groups is 1. The number of nitrogens with two attached hydrogens (primary N) is 1. The van der Waals surface area contributed by atoms with Gasteiger partial charge in [-0.3, -0.25) is 9.99 Å². The van der Waals surface area contributed by atoms with E-state index in [4.69, 9.17) is 10.8 Å². The standard InChI is InChI=1S/C21H22N4S/c1-15-3-2-4-16(9-15)10-20(22)13-25-14-26-21(24-25)18-5-6-19-12-23-8-7-17(19)11-18/h2-9,11-12,20H,10,13-14,22H2,1H3/t20-/m0/s1. The van der Waals surface area contributed by atoms with E-state index in [9.17, 15) is 0 Å². The maximum absolute atomic E-state index is 6.37. The second kappa shape index (κ2) is 7.48. The fourth-order valence-corrected chi connectivity index (χ4v) is 4.15. The van der Waals surface area contributed by atoms with E-state index >= 15 is 0 Å². The Morgan fingerprint density at radius 1 is 1.15 bits per heavy atom. The van der Waals surface area contributed by atoms with Crippen LogP contribution in [0.3, 0.4) is 0 Å². The van der Waals surface area contributed by atoms with Gasteiger partial charge in [0.25, 0.3) is 0 Å². The second-order valence-electron chi connectivity index (χ2n) is 6.76. The zero-order chi connectivity index (χ0) is 17.9. The van der Waals surface area contributed by atoms with Crippen molar-refractivity contribution in [1.29, 1.82) is 0 Å². The summed E-state index contributed by atoms with van der Waals surface area (Å²) in [6.45, 7) is 2.88. The zero-order valence-corrected chi connectivity index (χ0v) is 15.6. The van der Waals surface area contributed by atoms with Crippen LogP contribution in [-0.4, -0.2) is 33.5 Å². The van der Waals surface area contributed by atoms with Crippen molar-refractivity contribution < 1.29 is 0 Å². The summed E-state index contributed by atoms with van der Waals surface area (Å²) < 4.78 is 0. The molecule has 1 aromatic heterocycles. The molecule has 0 bridgehead atoms. The van der Waals surface area contributed by atoms with E-state index in [0.29, 0.717) is 0 Å². The Morgan fingerprint density at radius 2 is 2.08 bits per heavy atom. The van der Waals surface area contributed by atoms with E-state index in [0.717, 1.165) is 34.8 Å². The number of hydrogen-bond acceptors (Lipinski definition) is 5. The lowest BCUT2D eigenvalue weighted by Gasteiger charge is -2.18. The molecule has 0 saturated heterocycles. The highest BCUT2D eigenvalue weighted by molar-refractivity contribution is 8.14. The van der Waals surface area contributed by atoms with Gasteiger partial charge in [0.05, 0.1) is 12.4 Å². The maximum atomic E-state index is 6.37. The Hall–Kier alpha value is -2.37. The van der Waals surface area contributed by atoms with Crippen molar-refractivity contribution in [3.05, 3.63) is 77.6 Å². The van der Waals surface area contributed by atoms with Crippen LogP contribution in [0.15, 0.2) is 66.0 Å². The molecule has 0 saturated carbocycles. The summed E-state index contributed by atoms with van der Waals surface area (Å²) in [7, 11) is 0. The van der Waals surface area contributed by atoms with Gasteiger partial charge in [0.1, 0.15) is 5.04 Å². The third-order valence-corrected chi connectivity index (χ3v) is 5.51. The molecule has 26 heavy (non-hydrogen) atoms. The van der Waals surface area contributed by atoms with Crippen LogP contribution in [0.5, 0.6) is 0 Å². The Morgan fingerprint density at radius 3 is 2.96 bits per heavy atom. The quantitative estimate of drug-likeness (QED) is 0.750. The van der Waals surface area contributed by atoms with Gasteiger partial charge in [-0.25, -0.2) is 0 Å². The highest BCUT2D eigenvalue weighted by Crippen LogP contribution is 2.25. The molecule has 132 valence electrons. The summed E-state index contributed by atoms with van der Waals surface area (Å²) in [6.07, 6.45) is 4.59. The molecule has 0 fully saturated rings. The average molecular weight is 363 g/mol. The molecule has 0 radical (unpaired) electrons. The van der Waals surface area contributed by atoms with Crippen molar-refractivity contribution in [2.24, 2.45) is 10.8 Å². The van der Waals surface area contributed by atoms with E-state index in [2.05, 4.69) is 59.4 Å². The van der Waals surface area contributed by atoms with Crippen molar-refractivity contribution in [2.75, 3.05) is 12.4 Å². The summed E-state index contributed by atoms with van der Waals surface area (Å²) in [5.41, 5.74) is 10.1. The fraction of sp³-hybridized carbons (Fsp3) is 0.238. The van der Waals surface area contributed by atoms with Crippen molar-refractivity contribution in [1.82, 2.24) is 9.99 Å². The van der Waals surface area contributed by atoms with Crippen LogP contribution in [0.4, 0.5) is 0 Å². The number of hydrogen-bond donors (Lipinski definition) is 1. The van der Waals surface area contributed by atoms with Crippen LogP contribution in [0.1, 0.15) is 16.7 Å². The smallest absolute Gasteiger partial charge is 0.125 e. The van der Waals surface area contributed by atoms with Crippen LogP contribution in [0.2, 0.25) is 0 Å².